The maximum atomic E-state index is 12.9. The maximum absolute atomic E-state index is 12.9. The predicted molar refractivity (Wildman–Crippen MR) is 124 cm³/mol. The van der Waals surface area contributed by atoms with Gasteiger partial charge in [0.05, 0.1) is 0 Å². The van der Waals surface area contributed by atoms with Gasteiger partial charge in [-0.05, 0) is 12.1 Å². The van der Waals surface area contributed by atoms with Crippen molar-refractivity contribution in [1.29, 1.82) is 0 Å². The molecule has 0 bridgehead atoms. The number of halogens is 1. The van der Waals surface area contributed by atoms with Crippen molar-refractivity contribution in [3.05, 3.63) is 41.4 Å². The van der Waals surface area contributed by atoms with Crippen LogP contribution in [-0.4, -0.2) is 76.7 Å². The van der Waals surface area contributed by atoms with Gasteiger partial charge in [-0.15, -0.1) is 22.9 Å². The number of hydrogen-bond acceptors (Lipinski definition) is 10. The van der Waals surface area contributed by atoms with Crippen molar-refractivity contribution >= 4 is 73.4 Å². The summed E-state index contributed by atoms with van der Waals surface area (Å²) in [6.45, 7) is 0. The Morgan fingerprint density at radius 3 is 2.54 bits per heavy atom. The van der Waals surface area contributed by atoms with E-state index in [1.54, 1.807) is 18.2 Å². The van der Waals surface area contributed by atoms with E-state index in [-0.39, 0.29) is 26.7 Å². The Kier molecular flexibility index (Phi) is 8.00. The summed E-state index contributed by atoms with van der Waals surface area (Å²) in [6.07, 6.45) is 0. The van der Waals surface area contributed by atoms with Gasteiger partial charge in [0.1, 0.15) is 24.7 Å². The quantitative estimate of drug-likeness (QED) is 0.109. The average molecular weight is 545 g/mol. The number of hydrogen-bond donors (Lipinski definition) is 4. The molecule has 17 heteroatoms. The topological polar surface area (TPSA) is 196 Å². The second-order valence-corrected chi connectivity index (χ2v) is 9.12. The molecule has 1 saturated heterocycles. The number of β-lactam (4-membered cyclic amide) rings is 1. The highest BCUT2D eigenvalue weighted by Crippen LogP contribution is 2.25. The van der Waals surface area contributed by atoms with Gasteiger partial charge in [-0.2, -0.15) is 12.7 Å². The molecule has 2 aromatic rings. The van der Waals surface area contributed by atoms with E-state index in [4.69, 9.17) is 11.6 Å². The highest BCUT2D eigenvalue weighted by atomic mass is 35.5. The number of oxime groups is 1. The van der Waals surface area contributed by atoms with E-state index in [1.165, 1.54) is 17.5 Å². The van der Waals surface area contributed by atoms with Crippen LogP contribution in [0.2, 0.25) is 0 Å². The van der Waals surface area contributed by atoms with Crippen molar-refractivity contribution in [3.63, 3.8) is 0 Å². The molecule has 1 aromatic heterocycles. The number of benzene rings is 1. The van der Waals surface area contributed by atoms with Crippen LogP contribution in [0.3, 0.4) is 0 Å². The standard InChI is InChI=1S/C18H17ClN6O8S2/c1-33-24-12(10-8-34-18(21-10)22-11(26)7-19)15(27)23-13-14(25(17(13)29)35(30,31)32)16(28)20-9-5-3-2-4-6-9/h2-6,8,13-14H,7H2,1H3,(H,20,28)(H,23,27)(H,21,22,26)(H,30,31,32)/b24-12-/t13-,14-/m1/s1. The van der Waals surface area contributed by atoms with Crippen LogP contribution in [0, 0.1) is 0 Å². The number of anilines is 2. The Balaban J connectivity index is 1.83. The van der Waals surface area contributed by atoms with E-state index in [9.17, 15) is 32.1 Å². The van der Waals surface area contributed by atoms with Gasteiger partial charge in [-0.25, -0.2) is 4.98 Å². The summed E-state index contributed by atoms with van der Waals surface area (Å²) in [5, 5.41) is 12.0. The fourth-order valence-corrected chi connectivity index (χ4v) is 4.58. The first-order chi connectivity index (χ1) is 16.6. The summed E-state index contributed by atoms with van der Waals surface area (Å²) in [5.41, 5.74) is -0.203. The molecule has 2 heterocycles. The zero-order valence-corrected chi connectivity index (χ0v) is 20.1. The summed E-state index contributed by atoms with van der Waals surface area (Å²) in [6, 6.07) is 4.45. The smallest absolute Gasteiger partial charge is 0.363 e. The minimum absolute atomic E-state index is 0.0496. The summed E-state index contributed by atoms with van der Waals surface area (Å²) >= 11 is 6.37. The molecule has 4 N–H and O–H groups in total. The largest absolute Gasteiger partial charge is 0.398 e. The second kappa shape index (κ2) is 10.8. The minimum atomic E-state index is -5.11. The van der Waals surface area contributed by atoms with Crippen molar-refractivity contribution in [2.45, 2.75) is 12.1 Å². The number of rotatable bonds is 9. The van der Waals surface area contributed by atoms with Crippen LogP contribution >= 0.6 is 22.9 Å². The molecule has 4 amide bonds. The molecule has 1 fully saturated rings. The lowest BCUT2D eigenvalue weighted by atomic mass is 9.97. The molecule has 1 aromatic carbocycles. The number of aromatic nitrogens is 1. The Morgan fingerprint density at radius 1 is 1.26 bits per heavy atom. The third kappa shape index (κ3) is 5.91. The molecule has 186 valence electrons. The van der Waals surface area contributed by atoms with E-state index in [0.29, 0.717) is 0 Å². The highest BCUT2D eigenvalue weighted by molar-refractivity contribution is 7.84. The lowest BCUT2D eigenvalue weighted by Crippen LogP contribution is -2.75. The lowest BCUT2D eigenvalue weighted by Gasteiger charge is -2.42. The lowest BCUT2D eigenvalue weighted by molar-refractivity contribution is -0.150. The monoisotopic (exact) mass is 544 g/mol. The van der Waals surface area contributed by atoms with Crippen LogP contribution in [0.15, 0.2) is 40.9 Å². The fourth-order valence-electron chi connectivity index (χ4n) is 2.95. The Labute approximate surface area is 207 Å². The van der Waals surface area contributed by atoms with Crippen LogP contribution in [0.25, 0.3) is 0 Å². The minimum Gasteiger partial charge on any atom is -0.398 e. The number of carbonyl (C=O) groups is 4. The van der Waals surface area contributed by atoms with E-state index < -0.39 is 51.7 Å². The zero-order chi connectivity index (χ0) is 25.8. The van der Waals surface area contributed by atoms with Crippen molar-refractivity contribution in [2.75, 3.05) is 23.6 Å². The fraction of sp³-hybridized carbons (Fsp3) is 0.222. The zero-order valence-electron chi connectivity index (χ0n) is 17.7. The van der Waals surface area contributed by atoms with Crippen LogP contribution in [0.5, 0.6) is 0 Å². The molecule has 0 radical (unpaired) electrons. The molecule has 2 atom stereocenters. The molecule has 0 unspecified atom stereocenters. The first-order valence-electron chi connectivity index (χ1n) is 9.47. The van der Waals surface area contributed by atoms with Gasteiger partial charge < -0.3 is 20.8 Å². The van der Waals surface area contributed by atoms with Crippen molar-refractivity contribution in [1.82, 2.24) is 14.6 Å². The average Bonchev–Trinajstić information content (AvgIpc) is 3.26. The van der Waals surface area contributed by atoms with Gasteiger partial charge in [0.15, 0.2) is 16.9 Å². The van der Waals surface area contributed by atoms with Gasteiger partial charge in [0.25, 0.3) is 17.7 Å². The Bertz CT molecular complexity index is 1280. The molecule has 1 aliphatic rings. The highest BCUT2D eigenvalue weighted by Gasteiger charge is 2.58. The summed E-state index contributed by atoms with van der Waals surface area (Å²) in [5.74, 6) is -4.14. The summed E-state index contributed by atoms with van der Waals surface area (Å²) in [4.78, 5) is 58.1. The third-order valence-electron chi connectivity index (χ3n) is 4.41. The second-order valence-electron chi connectivity index (χ2n) is 6.71. The van der Waals surface area contributed by atoms with Gasteiger partial charge in [-0.1, -0.05) is 23.4 Å². The maximum Gasteiger partial charge on any atom is 0.363 e. The van der Waals surface area contributed by atoms with Gasteiger partial charge >= 0.3 is 10.3 Å². The predicted octanol–water partition coefficient (Wildman–Crippen LogP) is -0.192. The van der Waals surface area contributed by atoms with Crippen molar-refractivity contribution in [2.24, 2.45) is 5.16 Å². The number of para-hydroxylation sites is 1. The van der Waals surface area contributed by atoms with Crippen LogP contribution < -0.4 is 16.0 Å². The Morgan fingerprint density at radius 2 is 1.94 bits per heavy atom. The molecule has 0 spiro atoms. The molecule has 0 aliphatic carbocycles. The molecule has 14 nitrogen and oxygen atoms in total. The molecule has 0 saturated carbocycles. The van der Waals surface area contributed by atoms with Crippen LogP contribution in [-0.2, 0) is 34.3 Å². The van der Waals surface area contributed by atoms with E-state index in [1.807, 2.05) is 0 Å². The number of carbonyl (C=O) groups excluding carboxylic acids is 4. The van der Waals surface area contributed by atoms with Gasteiger partial charge in [0.2, 0.25) is 5.91 Å². The summed E-state index contributed by atoms with van der Waals surface area (Å²) < 4.78 is 32.7. The molecule has 3 rings (SSSR count). The molecular weight excluding hydrogens is 528 g/mol. The number of alkyl halides is 1. The number of nitrogens with zero attached hydrogens (tertiary/aromatic N) is 3. The van der Waals surface area contributed by atoms with E-state index in [0.717, 1.165) is 18.4 Å². The molecule has 35 heavy (non-hydrogen) atoms. The van der Waals surface area contributed by atoms with Crippen molar-refractivity contribution in [3.8, 4) is 0 Å². The van der Waals surface area contributed by atoms with Crippen LogP contribution in [0.4, 0.5) is 10.8 Å². The number of nitrogens with one attached hydrogen (secondary N) is 3. The van der Waals surface area contributed by atoms with Crippen LogP contribution in [0.1, 0.15) is 5.69 Å². The molecular formula is C18H17ClN6O8S2. The molecule has 1 aliphatic heterocycles. The number of thiazole rings is 1. The number of amides is 4. The Hall–Kier alpha value is -3.60. The van der Waals surface area contributed by atoms with Gasteiger partial charge in [-0.3, -0.25) is 23.7 Å². The van der Waals surface area contributed by atoms with E-state index >= 15 is 0 Å². The first kappa shape index (κ1) is 26.0. The van der Waals surface area contributed by atoms with E-state index in [2.05, 4.69) is 30.9 Å². The summed E-state index contributed by atoms with van der Waals surface area (Å²) in [7, 11) is -3.97. The first-order valence-corrected chi connectivity index (χ1v) is 12.3. The van der Waals surface area contributed by atoms with Crippen molar-refractivity contribution < 1.29 is 37.0 Å². The normalized spacial score (nSPS) is 17.9. The SMILES string of the molecule is CO/N=C(\C(=O)N[C@H]1C(=O)N(S(=O)(=O)O)[C@H]1C(=O)Nc1ccccc1)c1csc(NC(=O)CCl)n1. The third-order valence-corrected chi connectivity index (χ3v) is 6.31. The van der Waals surface area contributed by atoms with Gasteiger partial charge in [0, 0.05) is 11.1 Å².